The lowest BCUT2D eigenvalue weighted by molar-refractivity contribution is 0.193. The van der Waals surface area contributed by atoms with Crippen LogP contribution >= 0.6 is 0 Å². The molecule has 0 radical (unpaired) electrons. The molecule has 1 aliphatic rings. The van der Waals surface area contributed by atoms with E-state index in [0.29, 0.717) is 5.92 Å². The molecular formula is C19H24N2O2. The van der Waals surface area contributed by atoms with Crippen molar-refractivity contribution in [1.82, 2.24) is 9.88 Å². The SMILES string of the molecule is O=c1cc(C2CCN(CCCOc3ccccc3)CC2)cc[nH]1. The molecule has 1 aliphatic heterocycles. The van der Waals surface area contributed by atoms with Gasteiger partial charge in [0.25, 0.3) is 0 Å². The molecule has 2 aromatic rings. The average Bonchev–Trinajstić information content (AvgIpc) is 2.60. The third-order valence-electron chi connectivity index (χ3n) is 4.49. The van der Waals surface area contributed by atoms with Gasteiger partial charge in [-0.1, -0.05) is 18.2 Å². The number of nitrogens with one attached hydrogen (secondary N) is 1. The van der Waals surface area contributed by atoms with Gasteiger partial charge in [0.2, 0.25) is 5.56 Å². The zero-order valence-electron chi connectivity index (χ0n) is 13.4. The van der Waals surface area contributed by atoms with Crippen LogP contribution < -0.4 is 10.3 Å². The van der Waals surface area contributed by atoms with Crippen LogP contribution in [0, 0.1) is 0 Å². The lowest BCUT2D eigenvalue weighted by atomic mass is 9.90. The second kappa shape index (κ2) is 7.97. The van der Waals surface area contributed by atoms with Crippen LogP contribution in [0.25, 0.3) is 0 Å². The fourth-order valence-corrected chi connectivity index (χ4v) is 3.20. The van der Waals surface area contributed by atoms with E-state index in [4.69, 9.17) is 4.74 Å². The first kappa shape index (κ1) is 15.8. The zero-order valence-corrected chi connectivity index (χ0v) is 13.4. The molecule has 0 spiro atoms. The fraction of sp³-hybridized carbons (Fsp3) is 0.421. The van der Waals surface area contributed by atoms with E-state index in [2.05, 4.69) is 9.88 Å². The van der Waals surface area contributed by atoms with E-state index in [-0.39, 0.29) is 5.56 Å². The summed E-state index contributed by atoms with van der Waals surface area (Å²) in [5.74, 6) is 1.47. The second-order valence-electron chi connectivity index (χ2n) is 6.12. The fourth-order valence-electron chi connectivity index (χ4n) is 3.20. The van der Waals surface area contributed by atoms with Crippen molar-refractivity contribution in [3.63, 3.8) is 0 Å². The summed E-state index contributed by atoms with van der Waals surface area (Å²) in [7, 11) is 0. The Labute approximate surface area is 137 Å². The predicted octanol–water partition coefficient (Wildman–Crippen LogP) is 3.02. The number of pyridine rings is 1. The average molecular weight is 312 g/mol. The van der Waals surface area contributed by atoms with Crippen LogP contribution in [0.4, 0.5) is 0 Å². The van der Waals surface area contributed by atoms with Gasteiger partial charge in [0, 0.05) is 18.8 Å². The largest absolute Gasteiger partial charge is 0.494 e. The molecule has 0 aliphatic carbocycles. The van der Waals surface area contributed by atoms with Gasteiger partial charge in [0.15, 0.2) is 0 Å². The Balaban J connectivity index is 1.37. The quantitative estimate of drug-likeness (QED) is 0.834. The lowest BCUT2D eigenvalue weighted by Crippen LogP contribution is -2.34. The van der Waals surface area contributed by atoms with Gasteiger partial charge in [0.05, 0.1) is 6.61 Å². The van der Waals surface area contributed by atoms with Crippen LogP contribution in [0.15, 0.2) is 53.5 Å². The van der Waals surface area contributed by atoms with Crippen molar-refractivity contribution in [3.05, 3.63) is 64.6 Å². The Morgan fingerprint density at radius 2 is 1.91 bits per heavy atom. The van der Waals surface area contributed by atoms with Crippen molar-refractivity contribution in [2.75, 3.05) is 26.2 Å². The molecule has 0 unspecified atom stereocenters. The summed E-state index contributed by atoms with van der Waals surface area (Å²) in [6.07, 6.45) is 5.06. The first-order valence-electron chi connectivity index (χ1n) is 8.40. The Bertz CT molecular complexity index is 646. The zero-order chi connectivity index (χ0) is 15.9. The number of piperidine rings is 1. The third-order valence-corrected chi connectivity index (χ3v) is 4.49. The van der Waals surface area contributed by atoms with Crippen molar-refractivity contribution in [3.8, 4) is 5.75 Å². The second-order valence-corrected chi connectivity index (χ2v) is 6.12. The number of rotatable bonds is 6. The van der Waals surface area contributed by atoms with Crippen molar-refractivity contribution >= 4 is 0 Å². The maximum atomic E-state index is 11.4. The number of likely N-dealkylation sites (tertiary alicyclic amines) is 1. The first-order chi connectivity index (χ1) is 11.3. The molecule has 1 fully saturated rings. The van der Waals surface area contributed by atoms with E-state index in [0.717, 1.165) is 51.3 Å². The first-order valence-corrected chi connectivity index (χ1v) is 8.40. The van der Waals surface area contributed by atoms with Crippen molar-refractivity contribution in [2.24, 2.45) is 0 Å². The van der Waals surface area contributed by atoms with Crippen molar-refractivity contribution in [2.45, 2.75) is 25.2 Å². The molecule has 122 valence electrons. The molecule has 1 N–H and O–H groups in total. The Morgan fingerprint density at radius 3 is 2.65 bits per heavy atom. The summed E-state index contributed by atoms with van der Waals surface area (Å²) >= 11 is 0. The highest BCUT2D eigenvalue weighted by Crippen LogP contribution is 2.26. The van der Waals surface area contributed by atoms with E-state index >= 15 is 0 Å². The van der Waals surface area contributed by atoms with E-state index in [1.807, 2.05) is 36.4 Å². The van der Waals surface area contributed by atoms with Gasteiger partial charge in [-0.15, -0.1) is 0 Å². The number of H-pyrrole nitrogens is 1. The molecule has 23 heavy (non-hydrogen) atoms. The summed E-state index contributed by atoms with van der Waals surface area (Å²) in [6.45, 7) is 4.04. The van der Waals surface area contributed by atoms with Crippen molar-refractivity contribution < 1.29 is 4.74 Å². The molecule has 4 nitrogen and oxygen atoms in total. The maximum absolute atomic E-state index is 11.4. The molecule has 2 heterocycles. The summed E-state index contributed by atoms with van der Waals surface area (Å²) in [4.78, 5) is 16.6. The van der Waals surface area contributed by atoms with Gasteiger partial charge < -0.3 is 14.6 Å². The molecule has 1 saturated heterocycles. The Morgan fingerprint density at radius 1 is 1.13 bits per heavy atom. The molecule has 1 aromatic carbocycles. The van der Waals surface area contributed by atoms with E-state index in [1.165, 1.54) is 5.56 Å². The highest BCUT2D eigenvalue weighted by Gasteiger charge is 2.20. The standard InChI is InChI=1S/C19H24N2O2/c22-19-15-17(7-10-20-19)16-8-12-21(13-9-16)11-4-14-23-18-5-2-1-3-6-18/h1-3,5-7,10,15-16H,4,8-9,11-14H2,(H,20,22). The normalized spacial score (nSPS) is 16.3. The summed E-state index contributed by atoms with van der Waals surface area (Å²) in [5, 5.41) is 0. The summed E-state index contributed by atoms with van der Waals surface area (Å²) in [5.41, 5.74) is 1.18. The number of hydrogen-bond donors (Lipinski definition) is 1. The van der Waals surface area contributed by atoms with Gasteiger partial charge in [-0.3, -0.25) is 4.79 Å². The predicted molar refractivity (Wildman–Crippen MR) is 92.0 cm³/mol. The van der Waals surface area contributed by atoms with E-state index in [9.17, 15) is 4.79 Å². The summed E-state index contributed by atoms with van der Waals surface area (Å²) < 4.78 is 5.74. The molecule has 0 bridgehead atoms. The minimum absolute atomic E-state index is 0.00277. The molecule has 1 aromatic heterocycles. The minimum Gasteiger partial charge on any atom is -0.494 e. The minimum atomic E-state index is 0.00277. The molecule has 0 atom stereocenters. The number of aromatic amines is 1. The molecule has 0 amide bonds. The van der Waals surface area contributed by atoms with Crippen LogP contribution in [0.2, 0.25) is 0 Å². The topological polar surface area (TPSA) is 45.3 Å². The monoisotopic (exact) mass is 312 g/mol. The number of hydrogen-bond acceptors (Lipinski definition) is 3. The number of benzene rings is 1. The van der Waals surface area contributed by atoms with E-state index < -0.39 is 0 Å². The van der Waals surface area contributed by atoms with Crippen LogP contribution in [0.5, 0.6) is 5.75 Å². The number of nitrogens with zero attached hydrogens (tertiary/aromatic N) is 1. The van der Waals surface area contributed by atoms with E-state index in [1.54, 1.807) is 12.3 Å². The lowest BCUT2D eigenvalue weighted by Gasteiger charge is -2.32. The third kappa shape index (κ3) is 4.70. The highest BCUT2D eigenvalue weighted by atomic mass is 16.5. The number of aromatic nitrogens is 1. The molecular weight excluding hydrogens is 288 g/mol. The van der Waals surface area contributed by atoms with Crippen LogP contribution in [0.1, 0.15) is 30.7 Å². The molecule has 0 saturated carbocycles. The van der Waals surface area contributed by atoms with Gasteiger partial charge in [-0.2, -0.15) is 0 Å². The van der Waals surface area contributed by atoms with Gasteiger partial charge >= 0.3 is 0 Å². The van der Waals surface area contributed by atoms with Crippen LogP contribution in [-0.2, 0) is 0 Å². The Kier molecular flexibility index (Phi) is 5.48. The molecule has 3 rings (SSSR count). The Hall–Kier alpha value is -2.07. The van der Waals surface area contributed by atoms with Crippen molar-refractivity contribution in [1.29, 1.82) is 0 Å². The summed E-state index contributed by atoms with van der Waals surface area (Å²) in [6, 6.07) is 13.8. The highest BCUT2D eigenvalue weighted by molar-refractivity contribution is 5.20. The van der Waals surface area contributed by atoms with Gasteiger partial charge in [-0.25, -0.2) is 0 Å². The van der Waals surface area contributed by atoms with Gasteiger partial charge in [0.1, 0.15) is 5.75 Å². The van der Waals surface area contributed by atoms with Crippen LogP contribution in [-0.4, -0.2) is 36.1 Å². The number of ether oxygens (including phenoxy) is 1. The maximum Gasteiger partial charge on any atom is 0.248 e. The van der Waals surface area contributed by atoms with Crippen LogP contribution in [0.3, 0.4) is 0 Å². The number of para-hydroxylation sites is 1. The smallest absolute Gasteiger partial charge is 0.248 e. The molecule has 4 heteroatoms. The van der Waals surface area contributed by atoms with Gasteiger partial charge in [-0.05, 0) is 62.0 Å².